The summed E-state index contributed by atoms with van der Waals surface area (Å²) in [5.41, 5.74) is 1.15. The summed E-state index contributed by atoms with van der Waals surface area (Å²) >= 11 is 6.40. The molecule has 1 aromatic carbocycles. The minimum atomic E-state index is 1.15. The van der Waals surface area contributed by atoms with Crippen molar-refractivity contribution >= 4 is 67.2 Å². The van der Waals surface area contributed by atoms with E-state index in [-0.39, 0.29) is 0 Å². The third-order valence-corrected chi connectivity index (χ3v) is 4.15. The summed E-state index contributed by atoms with van der Waals surface area (Å²) in [6.07, 6.45) is 0. The topological polar surface area (TPSA) is 12.0 Å². The molecule has 0 aliphatic heterocycles. The van der Waals surface area contributed by atoms with Crippen LogP contribution in [0.5, 0.6) is 0 Å². The van der Waals surface area contributed by atoms with Crippen LogP contribution in [0.2, 0.25) is 0 Å². The first-order valence-corrected chi connectivity index (χ1v) is 6.99. The lowest BCUT2D eigenvalue weighted by molar-refractivity contribution is 1.58. The predicted octanol–water partition coefficient (Wildman–Crippen LogP) is 4.70. The number of anilines is 2. The highest BCUT2D eigenvalue weighted by atomic mass is 127. The van der Waals surface area contributed by atoms with Crippen molar-refractivity contribution in [3.05, 3.63) is 42.9 Å². The van der Waals surface area contributed by atoms with Crippen molar-refractivity contribution in [1.82, 2.24) is 0 Å². The highest BCUT2D eigenvalue weighted by Gasteiger charge is 1.98. The molecule has 0 aliphatic rings. The average molecular weight is 427 g/mol. The highest BCUT2D eigenvalue weighted by Crippen LogP contribution is 2.26. The van der Waals surface area contributed by atoms with Crippen LogP contribution in [-0.2, 0) is 0 Å². The highest BCUT2D eigenvalue weighted by molar-refractivity contribution is 14.1. The van der Waals surface area contributed by atoms with E-state index in [0.717, 1.165) is 5.69 Å². The summed E-state index contributed by atoms with van der Waals surface area (Å²) in [5.74, 6) is 0. The molecule has 4 heteroatoms. The maximum Gasteiger partial charge on any atom is 0.0937 e. The molecule has 14 heavy (non-hydrogen) atoms. The van der Waals surface area contributed by atoms with Crippen molar-refractivity contribution in [2.24, 2.45) is 0 Å². The van der Waals surface area contributed by atoms with Gasteiger partial charge in [0.25, 0.3) is 0 Å². The molecule has 1 nitrogen and oxygen atoms in total. The van der Waals surface area contributed by atoms with E-state index in [1.54, 1.807) is 11.3 Å². The van der Waals surface area contributed by atoms with Crippen LogP contribution >= 0.6 is 56.5 Å². The quantitative estimate of drug-likeness (QED) is 0.686. The SMILES string of the molecule is Ic1cccc(Nc2ccc(I)s2)c1. The Bertz CT molecular complexity index is 439. The molecule has 2 rings (SSSR count). The summed E-state index contributed by atoms with van der Waals surface area (Å²) in [7, 11) is 0. The van der Waals surface area contributed by atoms with Crippen LogP contribution in [0.25, 0.3) is 0 Å². The van der Waals surface area contributed by atoms with E-state index < -0.39 is 0 Å². The predicted molar refractivity (Wildman–Crippen MR) is 79.5 cm³/mol. The summed E-state index contributed by atoms with van der Waals surface area (Å²) in [6, 6.07) is 12.6. The number of benzene rings is 1. The molecular weight excluding hydrogens is 420 g/mol. The van der Waals surface area contributed by atoms with Gasteiger partial charge in [-0.15, -0.1) is 11.3 Å². The molecule has 0 spiro atoms. The van der Waals surface area contributed by atoms with Gasteiger partial charge in [-0.05, 0) is 75.5 Å². The Morgan fingerprint density at radius 1 is 1.07 bits per heavy atom. The Hall–Kier alpha value is 0.180. The minimum absolute atomic E-state index is 1.15. The van der Waals surface area contributed by atoms with Gasteiger partial charge in [0, 0.05) is 9.26 Å². The molecule has 2 aromatic rings. The van der Waals surface area contributed by atoms with Crippen molar-refractivity contribution in [3.63, 3.8) is 0 Å². The van der Waals surface area contributed by atoms with Gasteiger partial charge in [-0.1, -0.05) is 6.07 Å². The lowest BCUT2D eigenvalue weighted by Gasteiger charge is -2.02. The zero-order chi connectivity index (χ0) is 9.97. The number of nitrogens with one attached hydrogen (secondary N) is 1. The van der Waals surface area contributed by atoms with Crippen LogP contribution in [0.4, 0.5) is 10.7 Å². The first-order valence-electron chi connectivity index (χ1n) is 4.02. The Morgan fingerprint density at radius 2 is 1.93 bits per heavy atom. The van der Waals surface area contributed by atoms with Gasteiger partial charge in [0.1, 0.15) is 0 Å². The Kier molecular flexibility index (Phi) is 3.67. The van der Waals surface area contributed by atoms with Crippen LogP contribution in [0, 0.1) is 6.45 Å². The Balaban J connectivity index is 2.18. The molecule has 0 unspecified atom stereocenters. The molecule has 1 N–H and O–H groups in total. The van der Waals surface area contributed by atoms with E-state index in [9.17, 15) is 0 Å². The smallest absolute Gasteiger partial charge is 0.0937 e. The largest absolute Gasteiger partial charge is 0.347 e. The fraction of sp³-hybridized carbons (Fsp3) is 0. The summed E-state index contributed by atoms with van der Waals surface area (Å²) in [5, 5.41) is 4.57. The van der Waals surface area contributed by atoms with Crippen molar-refractivity contribution in [2.45, 2.75) is 0 Å². The van der Waals surface area contributed by atoms with E-state index in [0.29, 0.717) is 0 Å². The average Bonchev–Trinajstić information content (AvgIpc) is 2.51. The van der Waals surface area contributed by atoms with E-state index in [1.807, 2.05) is 0 Å². The first-order chi connectivity index (χ1) is 6.74. The molecule has 0 fully saturated rings. The first kappa shape index (κ1) is 10.7. The van der Waals surface area contributed by atoms with E-state index in [1.165, 1.54) is 11.5 Å². The molecule has 0 radical (unpaired) electrons. The van der Waals surface area contributed by atoms with Crippen LogP contribution in [0.15, 0.2) is 36.4 Å². The second-order valence-electron chi connectivity index (χ2n) is 2.74. The van der Waals surface area contributed by atoms with Crippen LogP contribution in [0.1, 0.15) is 0 Å². The molecule has 1 heterocycles. The van der Waals surface area contributed by atoms with Crippen molar-refractivity contribution in [3.8, 4) is 0 Å². The van der Waals surface area contributed by atoms with Gasteiger partial charge in [-0.25, -0.2) is 0 Å². The van der Waals surface area contributed by atoms with Crippen molar-refractivity contribution in [1.29, 1.82) is 0 Å². The molecule has 0 atom stereocenters. The van der Waals surface area contributed by atoms with Crippen molar-refractivity contribution in [2.75, 3.05) is 5.32 Å². The second-order valence-corrected chi connectivity index (χ2v) is 6.96. The molecule has 0 aliphatic carbocycles. The van der Waals surface area contributed by atoms with Gasteiger partial charge in [0.05, 0.1) is 7.88 Å². The summed E-state index contributed by atoms with van der Waals surface area (Å²) < 4.78 is 2.55. The summed E-state index contributed by atoms with van der Waals surface area (Å²) in [6.45, 7) is 0. The summed E-state index contributed by atoms with van der Waals surface area (Å²) in [4.78, 5) is 0. The van der Waals surface area contributed by atoms with Crippen LogP contribution in [0.3, 0.4) is 0 Å². The molecule has 1 aromatic heterocycles. The van der Waals surface area contributed by atoms with E-state index >= 15 is 0 Å². The minimum Gasteiger partial charge on any atom is -0.347 e. The van der Waals surface area contributed by atoms with Gasteiger partial charge in [-0.2, -0.15) is 0 Å². The number of thiophene rings is 1. The zero-order valence-corrected chi connectivity index (χ0v) is 12.3. The van der Waals surface area contributed by atoms with Crippen LogP contribution in [-0.4, -0.2) is 0 Å². The fourth-order valence-corrected chi connectivity index (χ4v) is 3.18. The molecule has 0 saturated heterocycles. The maximum atomic E-state index is 3.37. The molecular formula is C10H7I2NS. The standard InChI is InChI=1S/C10H7I2NS/c11-7-2-1-3-8(6-7)13-10-5-4-9(12)14-10/h1-6,13H. The Labute approximate surface area is 114 Å². The van der Waals surface area contributed by atoms with Crippen molar-refractivity contribution < 1.29 is 0 Å². The number of hydrogen-bond donors (Lipinski definition) is 1. The number of rotatable bonds is 2. The fourth-order valence-electron chi connectivity index (χ4n) is 1.09. The molecule has 0 saturated carbocycles. The van der Waals surface area contributed by atoms with Gasteiger partial charge in [0.15, 0.2) is 0 Å². The van der Waals surface area contributed by atoms with Gasteiger partial charge >= 0.3 is 0 Å². The third-order valence-electron chi connectivity index (χ3n) is 1.67. The maximum absolute atomic E-state index is 3.37. The second kappa shape index (κ2) is 4.80. The third kappa shape index (κ3) is 2.83. The van der Waals surface area contributed by atoms with E-state index in [2.05, 4.69) is 86.9 Å². The molecule has 0 amide bonds. The lowest BCUT2D eigenvalue weighted by Crippen LogP contribution is -1.86. The van der Waals surface area contributed by atoms with Gasteiger partial charge < -0.3 is 5.32 Å². The van der Waals surface area contributed by atoms with E-state index in [4.69, 9.17) is 0 Å². The number of hydrogen-bond acceptors (Lipinski definition) is 2. The lowest BCUT2D eigenvalue weighted by atomic mass is 10.3. The normalized spacial score (nSPS) is 10.1. The molecule has 72 valence electrons. The van der Waals surface area contributed by atoms with Gasteiger partial charge in [0.2, 0.25) is 0 Å². The monoisotopic (exact) mass is 427 g/mol. The molecule has 0 bridgehead atoms. The zero-order valence-electron chi connectivity index (χ0n) is 7.13. The van der Waals surface area contributed by atoms with Crippen LogP contribution < -0.4 is 5.32 Å². The number of halogens is 2. The Morgan fingerprint density at radius 3 is 2.57 bits per heavy atom. The van der Waals surface area contributed by atoms with Gasteiger partial charge in [-0.3, -0.25) is 0 Å².